The molecule has 1 nitrogen and oxygen atoms in total. The summed E-state index contributed by atoms with van der Waals surface area (Å²) >= 11 is 1.77. The number of hydrogen-bond donors (Lipinski definition) is 1. The minimum absolute atomic E-state index is 0.500. The maximum absolute atomic E-state index is 11.1. The van der Waals surface area contributed by atoms with Gasteiger partial charge in [-0.2, -0.15) is 0 Å². The van der Waals surface area contributed by atoms with Gasteiger partial charge in [-0.1, -0.05) is 18.2 Å². The third kappa shape index (κ3) is 1.28. The maximum Gasteiger partial charge on any atom is 0.0941 e. The quantitative estimate of drug-likeness (QED) is 0.806. The zero-order chi connectivity index (χ0) is 11.5. The SMILES string of the molecule is OC1(c2cccc3ccsc23)CC2CCC1C2. The number of aliphatic hydroxyl groups is 1. The molecule has 2 fully saturated rings. The second kappa shape index (κ2) is 3.33. The van der Waals surface area contributed by atoms with Crippen molar-refractivity contribution in [3.63, 3.8) is 0 Å². The van der Waals surface area contributed by atoms with Crippen molar-refractivity contribution in [2.75, 3.05) is 0 Å². The highest BCUT2D eigenvalue weighted by atomic mass is 32.1. The van der Waals surface area contributed by atoms with Gasteiger partial charge in [0, 0.05) is 10.3 Å². The van der Waals surface area contributed by atoms with E-state index in [4.69, 9.17) is 0 Å². The standard InChI is InChI=1S/C15H16OS/c16-15(9-10-4-5-12(15)8-10)13-3-1-2-11-6-7-17-14(11)13/h1-3,6-7,10,12,16H,4-5,8-9H2. The summed E-state index contributed by atoms with van der Waals surface area (Å²) < 4.78 is 1.29. The van der Waals surface area contributed by atoms with Crippen LogP contribution in [0.1, 0.15) is 31.2 Å². The van der Waals surface area contributed by atoms with Gasteiger partial charge < -0.3 is 5.11 Å². The Balaban J connectivity index is 1.91. The highest BCUT2D eigenvalue weighted by molar-refractivity contribution is 7.17. The van der Waals surface area contributed by atoms with Crippen LogP contribution in [0, 0.1) is 11.8 Å². The molecule has 2 aliphatic carbocycles. The van der Waals surface area contributed by atoms with E-state index in [1.54, 1.807) is 11.3 Å². The molecule has 2 aliphatic rings. The summed E-state index contributed by atoms with van der Waals surface area (Å²) in [6.45, 7) is 0. The maximum atomic E-state index is 11.1. The fraction of sp³-hybridized carbons (Fsp3) is 0.467. The van der Waals surface area contributed by atoms with Crippen molar-refractivity contribution >= 4 is 21.4 Å². The minimum atomic E-state index is -0.534. The van der Waals surface area contributed by atoms with E-state index in [2.05, 4.69) is 29.6 Å². The monoisotopic (exact) mass is 244 g/mol. The van der Waals surface area contributed by atoms with E-state index in [9.17, 15) is 5.11 Å². The molecule has 4 rings (SSSR count). The van der Waals surface area contributed by atoms with Gasteiger partial charge in [0.25, 0.3) is 0 Å². The van der Waals surface area contributed by atoms with Crippen molar-refractivity contribution in [2.45, 2.75) is 31.3 Å². The highest BCUT2D eigenvalue weighted by Gasteiger charge is 2.51. The topological polar surface area (TPSA) is 20.2 Å². The molecule has 3 atom stereocenters. The Kier molecular flexibility index (Phi) is 1.98. The molecule has 1 aromatic carbocycles. The molecule has 1 heterocycles. The number of thiophene rings is 1. The third-order valence-electron chi connectivity index (χ3n) is 4.76. The average Bonchev–Trinajstić information content (AvgIpc) is 3.02. The predicted octanol–water partition coefficient (Wildman–Crippen LogP) is 3.91. The number of benzene rings is 1. The Morgan fingerprint density at radius 2 is 2.18 bits per heavy atom. The summed E-state index contributed by atoms with van der Waals surface area (Å²) in [6, 6.07) is 8.53. The Bertz CT molecular complexity index is 573. The molecule has 1 aromatic heterocycles. The van der Waals surface area contributed by atoms with Crippen LogP contribution in [0.5, 0.6) is 0 Å². The van der Waals surface area contributed by atoms with E-state index in [0.717, 1.165) is 12.3 Å². The van der Waals surface area contributed by atoms with E-state index < -0.39 is 5.60 Å². The Labute approximate surface area is 105 Å². The summed E-state index contributed by atoms with van der Waals surface area (Å²) in [5.74, 6) is 1.26. The van der Waals surface area contributed by atoms with Crippen molar-refractivity contribution in [1.82, 2.24) is 0 Å². The van der Waals surface area contributed by atoms with E-state index in [-0.39, 0.29) is 0 Å². The van der Waals surface area contributed by atoms with E-state index in [1.165, 1.54) is 34.9 Å². The molecule has 0 saturated heterocycles. The predicted molar refractivity (Wildman–Crippen MR) is 71.2 cm³/mol. The van der Waals surface area contributed by atoms with E-state index in [1.807, 2.05) is 0 Å². The number of rotatable bonds is 1. The van der Waals surface area contributed by atoms with Crippen molar-refractivity contribution in [1.29, 1.82) is 0 Å². The first-order chi connectivity index (χ1) is 8.27. The molecule has 2 saturated carbocycles. The molecule has 2 aromatic rings. The third-order valence-corrected chi connectivity index (χ3v) is 5.73. The van der Waals surface area contributed by atoms with Crippen LogP contribution in [0.3, 0.4) is 0 Å². The zero-order valence-corrected chi connectivity index (χ0v) is 10.5. The van der Waals surface area contributed by atoms with Gasteiger partial charge >= 0.3 is 0 Å². The molecular formula is C15H16OS. The van der Waals surface area contributed by atoms with E-state index >= 15 is 0 Å². The van der Waals surface area contributed by atoms with Crippen molar-refractivity contribution < 1.29 is 5.11 Å². The smallest absolute Gasteiger partial charge is 0.0941 e. The van der Waals surface area contributed by atoms with Gasteiger partial charge in [0.05, 0.1) is 5.60 Å². The molecule has 0 aliphatic heterocycles. The first-order valence-electron chi connectivity index (χ1n) is 6.46. The summed E-state index contributed by atoms with van der Waals surface area (Å²) in [4.78, 5) is 0. The molecule has 2 heteroatoms. The van der Waals surface area contributed by atoms with Crippen LogP contribution in [0.2, 0.25) is 0 Å². The Morgan fingerprint density at radius 3 is 2.94 bits per heavy atom. The largest absolute Gasteiger partial charge is 0.385 e. The normalized spacial score (nSPS) is 35.8. The van der Waals surface area contributed by atoms with Gasteiger partial charge in [-0.15, -0.1) is 11.3 Å². The van der Waals surface area contributed by atoms with Crippen molar-refractivity contribution in [3.8, 4) is 0 Å². The average molecular weight is 244 g/mol. The van der Waals surface area contributed by atoms with Gasteiger partial charge in [0.1, 0.15) is 0 Å². The fourth-order valence-corrected chi connectivity index (χ4v) is 4.96. The Morgan fingerprint density at radius 1 is 1.24 bits per heavy atom. The molecular weight excluding hydrogens is 228 g/mol. The first-order valence-corrected chi connectivity index (χ1v) is 7.34. The zero-order valence-electron chi connectivity index (χ0n) is 9.73. The Hall–Kier alpha value is -0.860. The summed E-state index contributed by atoms with van der Waals surface area (Å²) in [6.07, 6.45) is 4.75. The number of hydrogen-bond acceptors (Lipinski definition) is 2. The minimum Gasteiger partial charge on any atom is -0.385 e. The number of fused-ring (bicyclic) bond motifs is 3. The van der Waals surface area contributed by atoms with Crippen LogP contribution in [0.15, 0.2) is 29.6 Å². The van der Waals surface area contributed by atoms with Gasteiger partial charge in [-0.25, -0.2) is 0 Å². The second-order valence-corrected chi connectivity index (χ2v) is 6.57. The molecule has 0 amide bonds. The lowest BCUT2D eigenvalue weighted by molar-refractivity contribution is -0.0167. The van der Waals surface area contributed by atoms with Crippen LogP contribution in [0.4, 0.5) is 0 Å². The van der Waals surface area contributed by atoms with Crippen LogP contribution in [-0.4, -0.2) is 5.11 Å². The molecule has 3 unspecified atom stereocenters. The molecule has 0 radical (unpaired) electrons. The lowest BCUT2D eigenvalue weighted by atomic mass is 9.79. The van der Waals surface area contributed by atoms with Crippen LogP contribution >= 0.6 is 11.3 Å². The van der Waals surface area contributed by atoms with Crippen molar-refractivity contribution in [2.24, 2.45) is 11.8 Å². The van der Waals surface area contributed by atoms with Gasteiger partial charge in [-0.05, 0) is 54.4 Å². The van der Waals surface area contributed by atoms with Gasteiger partial charge in [-0.3, -0.25) is 0 Å². The van der Waals surface area contributed by atoms with Gasteiger partial charge in [0.15, 0.2) is 0 Å². The summed E-state index contributed by atoms with van der Waals surface area (Å²) in [5.41, 5.74) is 0.657. The van der Waals surface area contributed by atoms with Crippen molar-refractivity contribution in [3.05, 3.63) is 35.2 Å². The van der Waals surface area contributed by atoms with Crippen LogP contribution < -0.4 is 0 Å². The molecule has 2 bridgehead atoms. The fourth-order valence-electron chi connectivity index (χ4n) is 3.96. The molecule has 1 N–H and O–H groups in total. The lowest BCUT2D eigenvalue weighted by Crippen LogP contribution is -2.32. The summed E-state index contributed by atoms with van der Waals surface area (Å²) in [7, 11) is 0. The van der Waals surface area contributed by atoms with E-state index in [0.29, 0.717) is 5.92 Å². The van der Waals surface area contributed by atoms with Crippen LogP contribution in [0.25, 0.3) is 10.1 Å². The highest BCUT2D eigenvalue weighted by Crippen LogP contribution is 2.56. The van der Waals surface area contributed by atoms with Gasteiger partial charge in [0.2, 0.25) is 0 Å². The lowest BCUT2D eigenvalue weighted by Gasteiger charge is -2.33. The molecule has 88 valence electrons. The first kappa shape index (κ1) is 10.1. The van der Waals surface area contributed by atoms with Crippen LogP contribution in [-0.2, 0) is 5.60 Å². The molecule has 0 spiro atoms. The second-order valence-electron chi connectivity index (χ2n) is 5.65. The molecule has 17 heavy (non-hydrogen) atoms. The summed E-state index contributed by atoms with van der Waals surface area (Å²) in [5, 5.41) is 14.5.